The SMILES string of the molecule is Cc1ccc(-c2noc(CCC(N)=O)n2)c(=O)n1C(C)C. The number of carbonyl (C=O) groups excluding carboxylic acids is 1. The molecule has 0 bridgehead atoms. The third-order valence-electron chi connectivity index (χ3n) is 3.13. The van der Waals surface area contributed by atoms with Gasteiger partial charge in [0.2, 0.25) is 17.6 Å². The number of hydrogen-bond acceptors (Lipinski definition) is 5. The van der Waals surface area contributed by atoms with E-state index in [1.54, 1.807) is 10.6 Å². The molecule has 0 aliphatic heterocycles. The fourth-order valence-electron chi connectivity index (χ4n) is 2.15. The van der Waals surface area contributed by atoms with E-state index in [2.05, 4.69) is 10.1 Å². The van der Waals surface area contributed by atoms with Crippen LogP contribution < -0.4 is 11.3 Å². The number of rotatable bonds is 5. The average molecular weight is 290 g/mol. The Hall–Kier alpha value is -2.44. The van der Waals surface area contributed by atoms with E-state index in [9.17, 15) is 9.59 Å². The Morgan fingerprint density at radius 2 is 2.14 bits per heavy atom. The number of aromatic nitrogens is 3. The molecule has 2 aromatic heterocycles. The van der Waals surface area contributed by atoms with Crippen LogP contribution in [0.5, 0.6) is 0 Å². The Balaban J connectivity index is 2.37. The molecule has 1 amide bonds. The Labute approximate surface area is 121 Å². The number of primary amides is 1. The molecule has 0 aromatic carbocycles. The van der Waals surface area contributed by atoms with Crippen LogP contribution in [-0.2, 0) is 11.2 Å². The van der Waals surface area contributed by atoms with Crippen LogP contribution in [0.1, 0.15) is 37.9 Å². The minimum atomic E-state index is -0.438. The summed E-state index contributed by atoms with van der Waals surface area (Å²) in [7, 11) is 0. The number of hydrogen-bond donors (Lipinski definition) is 1. The van der Waals surface area contributed by atoms with Crippen molar-refractivity contribution in [2.75, 3.05) is 0 Å². The molecular formula is C14H18N4O3. The van der Waals surface area contributed by atoms with E-state index >= 15 is 0 Å². The lowest BCUT2D eigenvalue weighted by molar-refractivity contribution is -0.118. The third-order valence-corrected chi connectivity index (χ3v) is 3.13. The maximum absolute atomic E-state index is 12.5. The molecule has 0 saturated carbocycles. The van der Waals surface area contributed by atoms with Gasteiger partial charge >= 0.3 is 0 Å². The Morgan fingerprint density at radius 1 is 1.43 bits per heavy atom. The molecule has 2 aromatic rings. The highest BCUT2D eigenvalue weighted by atomic mass is 16.5. The summed E-state index contributed by atoms with van der Waals surface area (Å²) in [6, 6.07) is 3.56. The number of aryl methyl sites for hydroxylation is 2. The van der Waals surface area contributed by atoms with E-state index < -0.39 is 5.91 Å². The van der Waals surface area contributed by atoms with E-state index in [1.807, 2.05) is 26.8 Å². The largest absolute Gasteiger partial charge is 0.370 e. The molecule has 2 N–H and O–H groups in total. The van der Waals surface area contributed by atoms with Gasteiger partial charge in [0, 0.05) is 24.6 Å². The molecule has 0 radical (unpaired) electrons. The third kappa shape index (κ3) is 3.18. The fraction of sp³-hybridized carbons (Fsp3) is 0.429. The minimum absolute atomic E-state index is 0.0404. The van der Waals surface area contributed by atoms with E-state index in [-0.39, 0.29) is 30.3 Å². The van der Waals surface area contributed by atoms with Crippen molar-refractivity contribution >= 4 is 5.91 Å². The maximum Gasteiger partial charge on any atom is 0.262 e. The van der Waals surface area contributed by atoms with Crippen LogP contribution in [0.4, 0.5) is 0 Å². The summed E-state index contributed by atoms with van der Waals surface area (Å²) in [4.78, 5) is 27.4. The van der Waals surface area contributed by atoms with Crippen molar-refractivity contribution in [2.45, 2.75) is 39.7 Å². The molecule has 2 rings (SSSR count). The number of nitrogens with two attached hydrogens (primary N) is 1. The zero-order valence-corrected chi connectivity index (χ0v) is 12.3. The first-order chi connectivity index (χ1) is 9.90. The van der Waals surface area contributed by atoms with E-state index in [0.717, 1.165) is 5.69 Å². The van der Waals surface area contributed by atoms with Gasteiger partial charge < -0.3 is 14.8 Å². The molecule has 0 unspecified atom stereocenters. The van der Waals surface area contributed by atoms with Crippen molar-refractivity contribution in [1.82, 2.24) is 14.7 Å². The highest BCUT2D eigenvalue weighted by molar-refractivity contribution is 5.73. The molecule has 0 atom stereocenters. The van der Waals surface area contributed by atoms with Crippen molar-refractivity contribution in [1.29, 1.82) is 0 Å². The predicted molar refractivity (Wildman–Crippen MR) is 76.6 cm³/mol. The summed E-state index contributed by atoms with van der Waals surface area (Å²) >= 11 is 0. The van der Waals surface area contributed by atoms with Gasteiger partial charge in [-0.15, -0.1) is 0 Å². The van der Waals surface area contributed by atoms with Crippen LogP contribution >= 0.6 is 0 Å². The van der Waals surface area contributed by atoms with Gasteiger partial charge in [0.05, 0.1) is 5.56 Å². The van der Waals surface area contributed by atoms with Gasteiger partial charge in [-0.2, -0.15) is 4.98 Å². The van der Waals surface area contributed by atoms with Crippen molar-refractivity contribution < 1.29 is 9.32 Å². The molecular weight excluding hydrogens is 272 g/mol. The van der Waals surface area contributed by atoms with Gasteiger partial charge in [-0.25, -0.2) is 0 Å². The average Bonchev–Trinajstić information content (AvgIpc) is 2.84. The van der Waals surface area contributed by atoms with Gasteiger partial charge in [0.1, 0.15) is 0 Å². The Kier molecular flexibility index (Phi) is 4.21. The topological polar surface area (TPSA) is 104 Å². The first-order valence-electron chi connectivity index (χ1n) is 6.73. The van der Waals surface area contributed by atoms with E-state index in [1.165, 1.54) is 0 Å². The summed E-state index contributed by atoms with van der Waals surface area (Å²) in [5, 5.41) is 3.80. The lowest BCUT2D eigenvalue weighted by Gasteiger charge is -2.14. The van der Waals surface area contributed by atoms with Crippen LogP contribution in [0.15, 0.2) is 21.5 Å². The van der Waals surface area contributed by atoms with Crippen LogP contribution in [0.3, 0.4) is 0 Å². The number of carbonyl (C=O) groups is 1. The zero-order valence-electron chi connectivity index (χ0n) is 12.3. The molecule has 0 fully saturated rings. The molecule has 0 aliphatic rings. The minimum Gasteiger partial charge on any atom is -0.370 e. The van der Waals surface area contributed by atoms with Crippen molar-refractivity contribution in [2.24, 2.45) is 5.73 Å². The zero-order chi connectivity index (χ0) is 15.6. The predicted octanol–water partition coefficient (Wildman–Crippen LogP) is 1.21. The molecule has 0 spiro atoms. The normalized spacial score (nSPS) is 11.0. The lowest BCUT2D eigenvalue weighted by Crippen LogP contribution is -2.25. The number of pyridine rings is 1. The molecule has 2 heterocycles. The van der Waals surface area contributed by atoms with Crippen molar-refractivity contribution in [3.63, 3.8) is 0 Å². The molecule has 7 heteroatoms. The molecule has 21 heavy (non-hydrogen) atoms. The summed E-state index contributed by atoms with van der Waals surface area (Å²) in [5.74, 6) is 0.0843. The van der Waals surface area contributed by atoms with E-state index in [4.69, 9.17) is 10.3 Å². The highest BCUT2D eigenvalue weighted by Crippen LogP contribution is 2.15. The maximum atomic E-state index is 12.5. The second-order valence-corrected chi connectivity index (χ2v) is 5.14. The monoisotopic (exact) mass is 290 g/mol. The summed E-state index contributed by atoms with van der Waals surface area (Å²) in [5.41, 5.74) is 6.16. The van der Waals surface area contributed by atoms with Crippen molar-refractivity contribution in [3.05, 3.63) is 34.1 Å². The summed E-state index contributed by atoms with van der Waals surface area (Å²) < 4.78 is 6.71. The first kappa shape index (κ1) is 15.0. The summed E-state index contributed by atoms with van der Waals surface area (Å²) in [6.45, 7) is 5.75. The second-order valence-electron chi connectivity index (χ2n) is 5.14. The van der Waals surface area contributed by atoms with Gasteiger partial charge in [-0.05, 0) is 32.9 Å². The van der Waals surface area contributed by atoms with Gasteiger partial charge in [-0.3, -0.25) is 9.59 Å². The number of nitrogens with zero attached hydrogens (tertiary/aromatic N) is 3. The van der Waals surface area contributed by atoms with Crippen LogP contribution in [-0.4, -0.2) is 20.6 Å². The van der Waals surface area contributed by atoms with Crippen molar-refractivity contribution in [3.8, 4) is 11.4 Å². The molecule has 0 saturated heterocycles. The van der Waals surface area contributed by atoms with Crippen LogP contribution in [0.2, 0.25) is 0 Å². The second kappa shape index (κ2) is 5.90. The first-order valence-corrected chi connectivity index (χ1v) is 6.73. The Morgan fingerprint density at radius 3 is 2.76 bits per heavy atom. The van der Waals surface area contributed by atoms with Crippen LogP contribution in [0.25, 0.3) is 11.4 Å². The molecule has 112 valence electrons. The number of amides is 1. The van der Waals surface area contributed by atoms with Gasteiger partial charge in [-0.1, -0.05) is 5.16 Å². The molecule has 0 aliphatic carbocycles. The lowest BCUT2D eigenvalue weighted by atomic mass is 10.2. The van der Waals surface area contributed by atoms with Crippen LogP contribution in [0, 0.1) is 6.92 Å². The Bertz CT molecular complexity index is 715. The summed E-state index contributed by atoms with van der Waals surface area (Å²) in [6.07, 6.45) is 0.401. The fourth-order valence-corrected chi connectivity index (χ4v) is 2.15. The molecule has 7 nitrogen and oxygen atoms in total. The highest BCUT2D eigenvalue weighted by Gasteiger charge is 2.16. The quantitative estimate of drug-likeness (QED) is 0.891. The van der Waals surface area contributed by atoms with Gasteiger partial charge in [0.25, 0.3) is 5.56 Å². The van der Waals surface area contributed by atoms with Gasteiger partial charge in [0.15, 0.2) is 0 Å². The van der Waals surface area contributed by atoms with E-state index in [0.29, 0.717) is 11.5 Å². The smallest absolute Gasteiger partial charge is 0.262 e. The standard InChI is InChI=1S/C14H18N4O3/c1-8(2)18-9(3)4-5-10(14(18)20)13-16-12(21-17-13)7-6-11(15)19/h4-5,8H,6-7H2,1-3H3,(H2,15,19).